The van der Waals surface area contributed by atoms with E-state index in [-0.39, 0.29) is 36.3 Å². The van der Waals surface area contributed by atoms with Gasteiger partial charge in [-0.2, -0.15) is 0 Å². The van der Waals surface area contributed by atoms with E-state index >= 15 is 0 Å². The van der Waals surface area contributed by atoms with Crippen molar-refractivity contribution in [3.05, 3.63) is 83.1 Å². The van der Waals surface area contributed by atoms with E-state index in [4.69, 9.17) is 16.3 Å². The molecule has 0 spiro atoms. The van der Waals surface area contributed by atoms with Crippen molar-refractivity contribution in [2.45, 2.75) is 24.4 Å². The van der Waals surface area contributed by atoms with Crippen LogP contribution in [0.15, 0.2) is 71.9 Å². The number of amides is 2. The van der Waals surface area contributed by atoms with Gasteiger partial charge in [0.1, 0.15) is 18.1 Å². The molecule has 2 aromatic carbocycles. The van der Waals surface area contributed by atoms with Crippen LogP contribution in [0.25, 0.3) is 0 Å². The third kappa shape index (κ3) is 4.53. The summed E-state index contributed by atoms with van der Waals surface area (Å²) >= 11 is 4.48. The van der Waals surface area contributed by atoms with Crippen LogP contribution in [0, 0.1) is 0 Å². The zero-order valence-electron chi connectivity index (χ0n) is 17.0. The highest BCUT2D eigenvalue weighted by molar-refractivity contribution is 7.92. The van der Waals surface area contributed by atoms with Crippen LogP contribution < -0.4 is 5.32 Å². The molecule has 0 aromatic heterocycles. The van der Waals surface area contributed by atoms with E-state index in [1.165, 1.54) is 0 Å². The first-order chi connectivity index (χ1) is 15.5. The van der Waals surface area contributed by atoms with Crippen molar-refractivity contribution in [1.29, 1.82) is 0 Å². The molecule has 9 heteroatoms. The fourth-order valence-electron chi connectivity index (χ4n) is 3.74. The molecule has 0 bridgehead atoms. The lowest BCUT2D eigenvalue weighted by atomic mass is 10.0. The number of benzene rings is 2. The van der Waals surface area contributed by atoms with Crippen molar-refractivity contribution in [2.24, 2.45) is 0 Å². The van der Waals surface area contributed by atoms with Crippen molar-refractivity contribution >= 4 is 40.6 Å². The maximum atomic E-state index is 12.9. The van der Waals surface area contributed by atoms with E-state index in [9.17, 15) is 18.9 Å². The van der Waals surface area contributed by atoms with Gasteiger partial charge in [-0.05, 0) is 22.3 Å². The van der Waals surface area contributed by atoms with E-state index < -0.39 is 34.5 Å². The number of β-lactam (4-membered cyclic amide) rings is 1. The molecule has 4 rings (SSSR count). The van der Waals surface area contributed by atoms with Gasteiger partial charge in [0, 0.05) is 5.57 Å². The van der Waals surface area contributed by atoms with Crippen LogP contribution >= 0.6 is 11.6 Å². The van der Waals surface area contributed by atoms with Gasteiger partial charge in [-0.3, -0.25) is 14.5 Å². The molecule has 0 radical (unpaired) electrons. The highest BCUT2D eigenvalue weighted by Gasteiger charge is 2.61. The summed E-state index contributed by atoms with van der Waals surface area (Å²) in [7, 11) is 0. The summed E-state index contributed by atoms with van der Waals surface area (Å²) in [6, 6.07) is 17.3. The Morgan fingerprint density at radius 2 is 1.72 bits per heavy atom. The Morgan fingerprint density at radius 3 is 2.34 bits per heavy atom. The summed E-state index contributed by atoms with van der Waals surface area (Å²) in [5, 5.41) is 1.84. The van der Waals surface area contributed by atoms with E-state index in [1.54, 1.807) is 0 Å². The highest BCUT2D eigenvalue weighted by Crippen LogP contribution is 2.37. The van der Waals surface area contributed by atoms with Crippen LogP contribution in [0.3, 0.4) is 0 Å². The van der Waals surface area contributed by atoms with Gasteiger partial charge in [-0.15, -0.1) is 11.6 Å². The van der Waals surface area contributed by atoms with Crippen molar-refractivity contribution < 1.29 is 23.7 Å². The molecule has 166 valence electrons. The fourth-order valence-corrected chi connectivity index (χ4v) is 5.76. The van der Waals surface area contributed by atoms with E-state index in [1.807, 2.05) is 60.7 Å². The summed E-state index contributed by atoms with van der Waals surface area (Å²) in [5.41, 5.74) is 2.01. The minimum atomic E-state index is -1.51. The van der Waals surface area contributed by atoms with Gasteiger partial charge in [-0.25, -0.2) is 4.79 Å². The molecule has 3 atom stereocenters. The molecular formula is C23H21ClN2O5S. The number of ether oxygens (including phenoxy) is 1. The largest absolute Gasteiger partial charge is 0.614 e. The molecule has 1 fully saturated rings. The standard InChI is InChI=1S/C23H21ClN2O5S/c24-12-17-14-32(30)22-19(25-18(27)11-15-7-3-1-4-8-15)21(28)26(22)20(17)23(29)31-13-16-9-5-2-6-10-16/h1-10,19,22H,11-14H2,(H,25,27)/t19-,22-,32?/m1/s1. The topological polar surface area (TPSA) is 98.8 Å². The van der Waals surface area contributed by atoms with Gasteiger partial charge in [0.25, 0.3) is 5.91 Å². The fraction of sp³-hybridized carbons (Fsp3) is 0.261. The van der Waals surface area contributed by atoms with E-state index in [2.05, 4.69) is 5.32 Å². The van der Waals surface area contributed by atoms with Gasteiger partial charge in [0.15, 0.2) is 6.04 Å². The minimum absolute atomic E-state index is 0.0269. The van der Waals surface area contributed by atoms with Crippen molar-refractivity contribution in [3.8, 4) is 0 Å². The zero-order valence-corrected chi connectivity index (χ0v) is 18.6. The third-order valence-corrected chi connectivity index (χ3v) is 7.27. The number of fused-ring (bicyclic) bond motifs is 1. The maximum Gasteiger partial charge on any atom is 0.355 e. The monoisotopic (exact) mass is 472 g/mol. The van der Waals surface area contributed by atoms with Crippen LogP contribution in [0.5, 0.6) is 0 Å². The number of esters is 1. The predicted molar refractivity (Wildman–Crippen MR) is 120 cm³/mol. The lowest BCUT2D eigenvalue weighted by Gasteiger charge is -2.49. The van der Waals surface area contributed by atoms with Crippen LogP contribution in [-0.2, 0) is 43.3 Å². The molecule has 2 aromatic rings. The second kappa shape index (κ2) is 9.77. The first kappa shape index (κ1) is 22.4. The molecule has 0 aliphatic carbocycles. The molecule has 1 saturated heterocycles. The van der Waals surface area contributed by atoms with Gasteiger partial charge in [0.2, 0.25) is 11.3 Å². The molecule has 2 aliphatic rings. The van der Waals surface area contributed by atoms with Crippen LogP contribution in [0.1, 0.15) is 11.1 Å². The van der Waals surface area contributed by atoms with E-state index in [0.29, 0.717) is 5.57 Å². The first-order valence-corrected chi connectivity index (χ1v) is 11.9. The Kier molecular flexibility index (Phi) is 6.83. The summed E-state index contributed by atoms with van der Waals surface area (Å²) < 4.78 is 18.2. The Morgan fingerprint density at radius 1 is 1.09 bits per heavy atom. The second-order valence-electron chi connectivity index (χ2n) is 7.48. The second-order valence-corrected chi connectivity index (χ2v) is 9.28. The number of carbonyl (C=O) groups is 3. The van der Waals surface area contributed by atoms with Crippen molar-refractivity contribution in [2.75, 3.05) is 11.6 Å². The quantitative estimate of drug-likeness (QED) is 0.287. The molecule has 2 heterocycles. The summed E-state index contributed by atoms with van der Waals surface area (Å²) in [6.07, 6.45) is 0.0960. The van der Waals surface area contributed by atoms with Gasteiger partial charge >= 0.3 is 5.97 Å². The SMILES string of the molecule is O=C(Cc1ccccc1)N[C@@H]1C(=O)N2C(C(=O)OCc3ccccc3)=C(CCl)C[S+]([O-])[C@H]12. The lowest BCUT2D eigenvalue weighted by molar-refractivity contribution is -0.153. The molecule has 7 nitrogen and oxygen atoms in total. The van der Waals surface area contributed by atoms with Crippen LogP contribution in [0.2, 0.25) is 0 Å². The Bertz CT molecular complexity index is 1050. The van der Waals surface area contributed by atoms with Crippen molar-refractivity contribution in [1.82, 2.24) is 10.2 Å². The Balaban J connectivity index is 1.46. The first-order valence-electron chi connectivity index (χ1n) is 10.0. The molecule has 2 amide bonds. The van der Waals surface area contributed by atoms with Gasteiger partial charge < -0.3 is 14.6 Å². The maximum absolute atomic E-state index is 12.9. The minimum Gasteiger partial charge on any atom is -0.614 e. The number of hydrogen-bond donors (Lipinski definition) is 1. The predicted octanol–water partition coefficient (Wildman–Crippen LogP) is 1.88. The van der Waals surface area contributed by atoms with Crippen LogP contribution in [0.4, 0.5) is 0 Å². The van der Waals surface area contributed by atoms with Gasteiger partial charge in [-0.1, -0.05) is 60.7 Å². The van der Waals surface area contributed by atoms with Crippen molar-refractivity contribution in [3.63, 3.8) is 0 Å². The average molecular weight is 473 g/mol. The molecule has 2 aliphatic heterocycles. The molecular weight excluding hydrogens is 452 g/mol. The summed E-state index contributed by atoms with van der Waals surface area (Å²) in [4.78, 5) is 39.3. The third-order valence-electron chi connectivity index (χ3n) is 5.30. The smallest absolute Gasteiger partial charge is 0.355 e. The Labute approximate surface area is 193 Å². The number of rotatable bonds is 7. The number of hydrogen-bond acceptors (Lipinski definition) is 5. The molecule has 0 saturated carbocycles. The summed E-state index contributed by atoms with van der Waals surface area (Å²) in [5.74, 6) is -1.57. The summed E-state index contributed by atoms with van der Waals surface area (Å²) in [6.45, 7) is 0.0335. The molecule has 1 N–H and O–H groups in total. The lowest BCUT2D eigenvalue weighted by Crippen LogP contribution is -2.75. The highest BCUT2D eigenvalue weighted by atomic mass is 35.5. The number of carbonyl (C=O) groups excluding carboxylic acids is 3. The molecule has 32 heavy (non-hydrogen) atoms. The average Bonchev–Trinajstić information content (AvgIpc) is 2.81. The number of alkyl halides is 1. The number of nitrogens with zero attached hydrogens (tertiary/aromatic N) is 1. The van der Waals surface area contributed by atoms with Gasteiger partial charge in [0.05, 0.1) is 12.3 Å². The number of nitrogens with one attached hydrogen (secondary N) is 1. The van der Waals surface area contributed by atoms with E-state index in [0.717, 1.165) is 16.0 Å². The zero-order chi connectivity index (χ0) is 22.7. The Hall–Kier alpha value is -2.81. The number of halogens is 1. The molecule has 1 unspecified atom stereocenters. The van der Waals surface area contributed by atoms with Crippen LogP contribution in [-0.4, -0.2) is 50.3 Å². The normalized spacial score (nSPS) is 22.1.